The Bertz CT molecular complexity index is 1800. The van der Waals surface area contributed by atoms with Gasteiger partial charge in [0.2, 0.25) is 0 Å². The van der Waals surface area contributed by atoms with Gasteiger partial charge >= 0.3 is 0 Å². The van der Waals surface area contributed by atoms with Gasteiger partial charge in [-0.1, -0.05) is 121 Å². The Kier molecular flexibility index (Phi) is 8.02. The minimum atomic E-state index is -0.744. The Balaban J connectivity index is 1.26. The molecule has 0 fully saturated rings. The molecule has 222 valence electrons. The standard InChI is InChI=1S/C40H35N3O2/c44-39(29-17-9-3-10-18-29)34-23-21-32(42-34)37(27-13-5-1-6-14-27)31-25-36(41-26-31)38(28-15-7-2-8-16-28)33-22-24-35(43-33)40(45)30-19-11-4-12-20-30/h1-26,37-45H. The lowest BCUT2D eigenvalue weighted by Gasteiger charge is -2.17. The first kappa shape index (κ1) is 28.4. The molecule has 4 unspecified atom stereocenters. The number of hydrogen-bond acceptors (Lipinski definition) is 2. The molecule has 5 nitrogen and oxygen atoms in total. The number of H-pyrrole nitrogens is 3. The van der Waals surface area contributed by atoms with Crippen molar-refractivity contribution in [2.24, 2.45) is 0 Å². The first-order valence-electron chi connectivity index (χ1n) is 15.3. The Morgan fingerprint density at radius 3 is 1.20 bits per heavy atom. The Morgan fingerprint density at radius 1 is 0.356 bits per heavy atom. The minimum Gasteiger partial charge on any atom is -0.382 e. The molecule has 3 heterocycles. The van der Waals surface area contributed by atoms with Crippen LogP contribution in [0.15, 0.2) is 158 Å². The average Bonchev–Trinajstić information content (AvgIpc) is 3.89. The molecule has 4 aromatic carbocycles. The summed E-state index contributed by atoms with van der Waals surface area (Å²) in [7, 11) is 0. The molecule has 0 aliphatic rings. The summed E-state index contributed by atoms with van der Waals surface area (Å²) in [5.41, 5.74) is 9.62. The van der Waals surface area contributed by atoms with Crippen molar-refractivity contribution < 1.29 is 10.2 Å². The van der Waals surface area contributed by atoms with E-state index in [2.05, 4.69) is 87.9 Å². The van der Waals surface area contributed by atoms with Gasteiger partial charge in [-0.2, -0.15) is 0 Å². The zero-order valence-corrected chi connectivity index (χ0v) is 24.7. The summed E-state index contributed by atoms with van der Waals surface area (Å²) < 4.78 is 0. The van der Waals surface area contributed by atoms with Crippen molar-refractivity contribution in [3.05, 3.63) is 214 Å². The number of aromatic nitrogens is 3. The third-order valence-corrected chi connectivity index (χ3v) is 8.54. The predicted octanol–water partition coefficient (Wildman–Crippen LogP) is 8.19. The van der Waals surface area contributed by atoms with Crippen LogP contribution in [0.1, 0.15) is 80.3 Å². The van der Waals surface area contributed by atoms with E-state index in [1.807, 2.05) is 84.9 Å². The Labute approximate surface area is 262 Å². The maximum Gasteiger partial charge on any atom is 0.119 e. The van der Waals surface area contributed by atoms with Crippen LogP contribution in [0.2, 0.25) is 0 Å². The molecular weight excluding hydrogens is 554 g/mol. The van der Waals surface area contributed by atoms with E-state index in [9.17, 15) is 10.2 Å². The number of aliphatic hydroxyl groups is 2. The molecule has 5 N–H and O–H groups in total. The number of aliphatic hydroxyl groups excluding tert-OH is 2. The molecule has 0 aliphatic carbocycles. The molecule has 3 aromatic heterocycles. The lowest BCUT2D eigenvalue weighted by Crippen LogP contribution is -2.06. The molecule has 0 radical (unpaired) electrons. The molecule has 0 saturated heterocycles. The minimum absolute atomic E-state index is 0.0801. The smallest absolute Gasteiger partial charge is 0.119 e. The van der Waals surface area contributed by atoms with Crippen LogP contribution in [0.5, 0.6) is 0 Å². The lowest BCUT2D eigenvalue weighted by molar-refractivity contribution is 0.215. The van der Waals surface area contributed by atoms with Gasteiger partial charge in [0, 0.05) is 34.7 Å². The molecule has 7 rings (SSSR count). The van der Waals surface area contributed by atoms with Crippen LogP contribution < -0.4 is 0 Å². The van der Waals surface area contributed by atoms with Crippen molar-refractivity contribution in [1.29, 1.82) is 0 Å². The number of hydrogen-bond donors (Lipinski definition) is 5. The highest BCUT2D eigenvalue weighted by atomic mass is 16.3. The van der Waals surface area contributed by atoms with Crippen molar-refractivity contribution in [3.8, 4) is 0 Å². The van der Waals surface area contributed by atoms with Gasteiger partial charge in [-0.05, 0) is 58.1 Å². The third kappa shape index (κ3) is 5.92. The van der Waals surface area contributed by atoms with Crippen LogP contribution in [0.3, 0.4) is 0 Å². The maximum atomic E-state index is 11.1. The van der Waals surface area contributed by atoms with Gasteiger partial charge in [0.25, 0.3) is 0 Å². The molecule has 0 bridgehead atoms. The van der Waals surface area contributed by atoms with Gasteiger partial charge in [-0.25, -0.2) is 0 Å². The molecule has 45 heavy (non-hydrogen) atoms. The number of nitrogens with one attached hydrogen (secondary N) is 3. The Hall–Kier alpha value is -5.36. The van der Waals surface area contributed by atoms with Crippen LogP contribution in [0.4, 0.5) is 0 Å². The second kappa shape index (κ2) is 12.7. The highest BCUT2D eigenvalue weighted by Crippen LogP contribution is 2.38. The first-order valence-corrected chi connectivity index (χ1v) is 15.3. The first-order chi connectivity index (χ1) is 22.2. The van der Waals surface area contributed by atoms with E-state index < -0.39 is 12.2 Å². The van der Waals surface area contributed by atoms with Crippen LogP contribution in [0.25, 0.3) is 0 Å². The van der Waals surface area contributed by atoms with E-state index in [1.54, 1.807) is 0 Å². The van der Waals surface area contributed by atoms with Crippen molar-refractivity contribution in [3.63, 3.8) is 0 Å². The maximum absolute atomic E-state index is 11.1. The van der Waals surface area contributed by atoms with Crippen LogP contribution in [-0.4, -0.2) is 25.2 Å². The monoisotopic (exact) mass is 589 g/mol. The van der Waals surface area contributed by atoms with E-state index in [1.165, 1.54) is 0 Å². The van der Waals surface area contributed by atoms with E-state index in [0.717, 1.165) is 56.3 Å². The van der Waals surface area contributed by atoms with E-state index in [4.69, 9.17) is 0 Å². The zero-order valence-electron chi connectivity index (χ0n) is 24.7. The molecule has 0 saturated carbocycles. The van der Waals surface area contributed by atoms with Crippen LogP contribution >= 0.6 is 0 Å². The second-order valence-corrected chi connectivity index (χ2v) is 11.4. The van der Waals surface area contributed by atoms with Gasteiger partial charge in [-0.3, -0.25) is 0 Å². The highest BCUT2D eigenvalue weighted by Gasteiger charge is 2.26. The predicted molar refractivity (Wildman–Crippen MR) is 178 cm³/mol. The van der Waals surface area contributed by atoms with Gasteiger partial charge in [0.1, 0.15) is 12.2 Å². The molecule has 0 spiro atoms. The van der Waals surface area contributed by atoms with Gasteiger partial charge < -0.3 is 25.2 Å². The summed E-state index contributed by atoms with van der Waals surface area (Å²) in [6.07, 6.45) is 0.597. The quantitative estimate of drug-likeness (QED) is 0.111. The average molecular weight is 590 g/mol. The number of rotatable bonds is 10. The summed E-state index contributed by atoms with van der Waals surface area (Å²) in [5.74, 6) is -0.185. The molecule has 0 aliphatic heterocycles. The van der Waals surface area contributed by atoms with Crippen molar-refractivity contribution in [1.82, 2.24) is 15.0 Å². The van der Waals surface area contributed by atoms with Crippen LogP contribution in [-0.2, 0) is 0 Å². The fourth-order valence-electron chi connectivity index (χ4n) is 6.28. The molecular formula is C40H35N3O2. The van der Waals surface area contributed by atoms with Crippen LogP contribution in [0, 0.1) is 0 Å². The molecule has 0 amide bonds. The fraction of sp³-hybridized carbons (Fsp3) is 0.100. The molecule has 7 aromatic rings. The number of benzene rings is 4. The molecule has 5 heteroatoms. The van der Waals surface area contributed by atoms with Gasteiger partial charge in [0.15, 0.2) is 0 Å². The molecule has 4 atom stereocenters. The summed E-state index contributed by atoms with van der Waals surface area (Å²) in [4.78, 5) is 10.7. The van der Waals surface area contributed by atoms with Crippen molar-refractivity contribution >= 4 is 0 Å². The summed E-state index contributed by atoms with van der Waals surface area (Å²) in [5, 5.41) is 22.2. The summed E-state index contributed by atoms with van der Waals surface area (Å²) in [6.45, 7) is 0. The summed E-state index contributed by atoms with van der Waals surface area (Å²) in [6, 6.07) is 50.6. The van der Waals surface area contributed by atoms with Gasteiger partial charge in [-0.15, -0.1) is 0 Å². The third-order valence-electron chi connectivity index (χ3n) is 8.54. The zero-order chi connectivity index (χ0) is 30.6. The highest BCUT2D eigenvalue weighted by molar-refractivity contribution is 5.46. The second-order valence-electron chi connectivity index (χ2n) is 11.4. The van der Waals surface area contributed by atoms with E-state index >= 15 is 0 Å². The Morgan fingerprint density at radius 2 is 0.733 bits per heavy atom. The normalized spacial score (nSPS) is 14.1. The topological polar surface area (TPSA) is 87.8 Å². The SMILES string of the molecule is OC(c1ccccc1)c1ccc(C(c2ccccc2)c2c[nH]c(C(c3ccccc3)c3ccc(C(O)c4ccccc4)[nH]3)c2)[nH]1. The lowest BCUT2D eigenvalue weighted by atomic mass is 9.88. The summed E-state index contributed by atoms with van der Waals surface area (Å²) >= 11 is 0. The largest absolute Gasteiger partial charge is 0.382 e. The fourth-order valence-corrected chi connectivity index (χ4v) is 6.28. The van der Waals surface area contributed by atoms with E-state index in [0.29, 0.717) is 0 Å². The van der Waals surface area contributed by atoms with Gasteiger partial charge in [0.05, 0.1) is 11.8 Å². The number of aromatic amines is 3. The van der Waals surface area contributed by atoms with Crippen molar-refractivity contribution in [2.75, 3.05) is 0 Å². The van der Waals surface area contributed by atoms with E-state index in [-0.39, 0.29) is 11.8 Å². The van der Waals surface area contributed by atoms with Crippen molar-refractivity contribution in [2.45, 2.75) is 24.0 Å².